The number of ether oxygens (including phenoxy) is 1. The van der Waals surface area contributed by atoms with Gasteiger partial charge < -0.3 is 4.74 Å². The fraction of sp³-hybridized carbons (Fsp3) is 0.308. The summed E-state index contributed by atoms with van der Waals surface area (Å²) in [6.07, 6.45) is 0.0479. The van der Waals surface area contributed by atoms with Crippen molar-refractivity contribution in [2.24, 2.45) is 5.92 Å². The number of rotatable bonds is 5. The highest BCUT2D eigenvalue weighted by Gasteiger charge is 2.41. The Morgan fingerprint density at radius 2 is 1.30 bits per heavy atom. The maximum Gasteiger partial charge on any atom is 0.432 e. The summed E-state index contributed by atoms with van der Waals surface area (Å²) < 4.78 is 88.8. The van der Waals surface area contributed by atoms with Gasteiger partial charge in [0.1, 0.15) is 22.9 Å². The molecular weight excluding hydrogens is 442 g/mol. The van der Waals surface area contributed by atoms with E-state index in [1.54, 1.807) is 12.1 Å². The SMILES string of the molecule is CC1CCC(c2ccc(-c3cc(F)c(C(F)(F)Oc4ccc(F)c(F)c4)c(F)c3)cc2)CC1. The summed E-state index contributed by atoms with van der Waals surface area (Å²) >= 11 is 0. The molecule has 0 N–H and O–H groups in total. The Bertz CT molecular complexity index is 1110. The van der Waals surface area contributed by atoms with Crippen LogP contribution in [0.5, 0.6) is 5.75 Å². The van der Waals surface area contributed by atoms with Crippen molar-refractivity contribution in [3.63, 3.8) is 0 Å². The van der Waals surface area contributed by atoms with Crippen LogP contribution in [0, 0.1) is 29.2 Å². The minimum absolute atomic E-state index is 0.0983. The zero-order valence-electron chi connectivity index (χ0n) is 17.9. The first kappa shape index (κ1) is 23.2. The third kappa shape index (κ3) is 5.02. The predicted molar refractivity (Wildman–Crippen MR) is 113 cm³/mol. The van der Waals surface area contributed by atoms with Crippen LogP contribution in [0.4, 0.5) is 26.3 Å². The average molecular weight is 464 g/mol. The van der Waals surface area contributed by atoms with Gasteiger partial charge >= 0.3 is 6.11 Å². The molecule has 0 radical (unpaired) electrons. The van der Waals surface area contributed by atoms with Gasteiger partial charge in [0.15, 0.2) is 11.6 Å². The molecule has 1 aliphatic carbocycles. The minimum Gasteiger partial charge on any atom is -0.429 e. The van der Waals surface area contributed by atoms with Crippen LogP contribution in [0.25, 0.3) is 11.1 Å². The van der Waals surface area contributed by atoms with Crippen LogP contribution < -0.4 is 4.74 Å². The summed E-state index contributed by atoms with van der Waals surface area (Å²) in [6.45, 7) is 2.23. The maximum atomic E-state index is 14.6. The Balaban J connectivity index is 1.57. The molecule has 7 heteroatoms. The monoisotopic (exact) mass is 464 g/mol. The fourth-order valence-corrected chi connectivity index (χ4v) is 4.30. The molecule has 1 fully saturated rings. The van der Waals surface area contributed by atoms with Crippen LogP contribution >= 0.6 is 0 Å². The van der Waals surface area contributed by atoms with Crippen molar-refractivity contribution >= 4 is 0 Å². The average Bonchev–Trinajstić information content (AvgIpc) is 2.76. The van der Waals surface area contributed by atoms with Crippen LogP contribution in [0.3, 0.4) is 0 Å². The lowest BCUT2D eigenvalue weighted by Gasteiger charge is -2.26. The third-order valence-corrected chi connectivity index (χ3v) is 6.20. The molecule has 0 aromatic heterocycles. The van der Waals surface area contributed by atoms with Crippen molar-refractivity contribution in [3.8, 4) is 16.9 Å². The van der Waals surface area contributed by atoms with E-state index < -0.39 is 40.7 Å². The second-order valence-corrected chi connectivity index (χ2v) is 8.59. The van der Waals surface area contributed by atoms with Crippen LogP contribution in [-0.2, 0) is 6.11 Å². The van der Waals surface area contributed by atoms with Crippen molar-refractivity contribution in [1.29, 1.82) is 0 Å². The Morgan fingerprint density at radius 3 is 1.88 bits per heavy atom. The maximum absolute atomic E-state index is 14.6. The zero-order chi connectivity index (χ0) is 23.8. The summed E-state index contributed by atoms with van der Waals surface area (Å²) in [6, 6.07) is 10.5. The molecule has 0 atom stereocenters. The quantitative estimate of drug-likeness (QED) is 0.345. The van der Waals surface area contributed by atoms with Crippen molar-refractivity contribution in [2.75, 3.05) is 0 Å². The Morgan fingerprint density at radius 1 is 0.697 bits per heavy atom. The van der Waals surface area contributed by atoms with E-state index in [1.165, 1.54) is 0 Å². The highest BCUT2D eigenvalue weighted by Crippen LogP contribution is 2.39. The lowest BCUT2D eigenvalue weighted by Crippen LogP contribution is -2.25. The Hall–Kier alpha value is -2.96. The van der Waals surface area contributed by atoms with Gasteiger partial charge in [0, 0.05) is 6.07 Å². The summed E-state index contributed by atoms with van der Waals surface area (Å²) in [4.78, 5) is 0. The van der Waals surface area contributed by atoms with E-state index in [1.807, 2.05) is 12.1 Å². The fourth-order valence-electron chi connectivity index (χ4n) is 4.30. The van der Waals surface area contributed by atoms with Crippen LogP contribution in [0.1, 0.15) is 49.7 Å². The first-order valence-electron chi connectivity index (χ1n) is 10.8. The molecule has 1 saturated carbocycles. The Labute approximate surface area is 188 Å². The Kier molecular flexibility index (Phi) is 6.41. The predicted octanol–water partition coefficient (Wildman–Crippen LogP) is 8.33. The van der Waals surface area contributed by atoms with Gasteiger partial charge in [0.25, 0.3) is 0 Å². The zero-order valence-corrected chi connectivity index (χ0v) is 17.9. The van der Waals surface area contributed by atoms with Crippen LogP contribution in [0.2, 0.25) is 0 Å². The number of benzene rings is 3. The molecule has 0 bridgehead atoms. The van der Waals surface area contributed by atoms with Gasteiger partial charge in [-0.1, -0.05) is 44.0 Å². The molecular formula is C26H22F6O. The van der Waals surface area contributed by atoms with E-state index in [9.17, 15) is 26.3 Å². The van der Waals surface area contributed by atoms with E-state index in [0.717, 1.165) is 49.4 Å². The number of halogens is 6. The molecule has 0 unspecified atom stereocenters. The van der Waals surface area contributed by atoms with Gasteiger partial charge in [-0.25, -0.2) is 17.6 Å². The van der Waals surface area contributed by atoms with Gasteiger partial charge in [-0.15, -0.1) is 0 Å². The minimum atomic E-state index is -4.45. The van der Waals surface area contributed by atoms with Gasteiger partial charge in [-0.3, -0.25) is 0 Å². The standard InChI is InChI=1S/C26H22F6O/c1-15-2-4-16(5-3-15)17-6-8-18(9-7-17)19-12-23(29)25(24(30)13-19)26(31,32)33-20-10-11-21(27)22(28)14-20/h6-16H,2-5H2,1H3. The van der Waals surface area contributed by atoms with Crippen LogP contribution in [0.15, 0.2) is 54.6 Å². The third-order valence-electron chi connectivity index (χ3n) is 6.20. The van der Waals surface area contributed by atoms with Crippen molar-refractivity contribution in [1.82, 2.24) is 0 Å². The molecule has 0 aliphatic heterocycles. The molecule has 3 aromatic carbocycles. The first-order valence-corrected chi connectivity index (χ1v) is 10.8. The molecule has 174 valence electrons. The molecule has 3 aromatic rings. The molecule has 0 saturated heterocycles. The van der Waals surface area contributed by atoms with Gasteiger partial charge in [0.2, 0.25) is 0 Å². The second kappa shape index (κ2) is 9.12. The number of hydrogen-bond acceptors (Lipinski definition) is 1. The lowest BCUT2D eigenvalue weighted by molar-refractivity contribution is -0.189. The first-order chi connectivity index (χ1) is 15.6. The van der Waals surface area contributed by atoms with Crippen molar-refractivity contribution in [3.05, 3.63) is 89.0 Å². The van der Waals surface area contributed by atoms with E-state index in [0.29, 0.717) is 29.5 Å². The molecule has 1 aliphatic rings. The van der Waals surface area contributed by atoms with E-state index in [4.69, 9.17) is 0 Å². The molecule has 33 heavy (non-hydrogen) atoms. The molecule has 0 heterocycles. The smallest absolute Gasteiger partial charge is 0.429 e. The topological polar surface area (TPSA) is 9.23 Å². The van der Waals surface area contributed by atoms with Crippen LogP contribution in [-0.4, -0.2) is 0 Å². The van der Waals surface area contributed by atoms with Crippen molar-refractivity contribution < 1.29 is 31.1 Å². The summed E-state index contributed by atoms with van der Waals surface area (Å²) in [5.41, 5.74) is 0.122. The highest BCUT2D eigenvalue weighted by molar-refractivity contribution is 5.64. The summed E-state index contributed by atoms with van der Waals surface area (Å²) in [7, 11) is 0. The van der Waals surface area contributed by atoms with E-state index in [2.05, 4.69) is 11.7 Å². The number of hydrogen-bond donors (Lipinski definition) is 0. The van der Waals surface area contributed by atoms with E-state index >= 15 is 0 Å². The second-order valence-electron chi connectivity index (χ2n) is 8.59. The van der Waals surface area contributed by atoms with Gasteiger partial charge in [-0.05, 0) is 65.6 Å². The molecule has 0 amide bonds. The lowest BCUT2D eigenvalue weighted by atomic mass is 9.79. The van der Waals surface area contributed by atoms with Gasteiger partial charge in [-0.2, -0.15) is 8.78 Å². The molecule has 1 nitrogen and oxygen atoms in total. The normalized spacial score (nSPS) is 18.9. The summed E-state index contributed by atoms with van der Waals surface area (Å²) in [5.74, 6) is -5.32. The highest BCUT2D eigenvalue weighted by atomic mass is 19.3. The molecule has 4 rings (SSSR count). The number of alkyl halides is 2. The molecule has 0 spiro atoms. The van der Waals surface area contributed by atoms with Gasteiger partial charge in [0.05, 0.1) is 0 Å². The summed E-state index contributed by atoms with van der Waals surface area (Å²) in [5, 5.41) is 0. The van der Waals surface area contributed by atoms with Crippen molar-refractivity contribution in [2.45, 2.75) is 44.6 Å². The largest absolute Gasteiger partial charge is 0.432 e. The van der Waals surface area contributed by atoms with E-state index in [-0.39, 0.29) is 5.56 Å².